The Labute approximate surface area is 116 Å². The number of hydrogen-bond donors (Lipinski definition) is 1. The zero-order valence-electron chi connectivity index (χ0n) is 11.1. The summed E-state index contributed by atoms with van der Waals surface area (Å²) in [7, 11) is 0. The summed E-state index contributed by atoms with van der Waals surface area (Å²) in [5.41, 5.74) is 3.81. The van der Waals surface area contributed by atoms with Gasteiger partial charge >= 0.3 is 5.97 Å². The first-order valence-corrected chi connectivity index (χ1v) is 6.40. The van der Waals surface area contributed by atoms with Crippen LogP contribution in [0.3, 0.4) is 0 Å². The van der Waals surface area contributed by atoms with Gasteiger partial charge in [-0.25, -0.2) is 4.79 Å². The molecule has 19 heavy (non-hydrogen) atoms. The van der Waals surface area contributed by atoms with Crippen LogP contribution in [-0.2, 0) is 6.54 Å². The van der Waals surface area contributed by atoms with E-state index in [0.29, 0.717) is 5.02 Å². The number of aryl methyl sites for hydroxylation is 2. The fraction of sp³-hybridized carbons (Fsp3) is 0.286. The van der Waals surface area contributed by atoms with E-state index in [-0.39, 0.29) is 5.56 Å². The van der Waals surface area contributed by atoms with Crippen molar-refractivity contribution in [2.45, 2.75) is 27.3 Å². The van der Waals surface area contributed by atoms with Crippen LogP contribution in [0.1, 0.15) is 28.7 Å². The molecule has 0 spiro atoms. The molecule has 1 aromatic heterocycles. The lowest BCUT2D eigenvalue weighted by atomic mass is 10.0. The van der Waals surface area contributed by atoms with E-state index in [4.69, 9.17) is 16.7 Å². The summed E-state index contributed by atoms with van der Waals surface area (Å²) in [6.07, 6.45) is 0. The van der Waals surface area contributed by atoms with Crippen molar-refractivity contribution in [3.63, 3.8) is 0 Å². The maximum Gasteiger partial charge on any atom is 0.335 e. The minimum atomic E-state index is -0.984. The van der Waals surface area contributed by atoms with Crippen LogP contribution in [-0.4, -0.2) is 20.9 Å². The fourth-order valence-corrected chi connectivity index (χ4v) is 2.52. The molecule has 0 fully saturated rings. The number of carbonyl (C=O) groups is 1. The summed E-state index contributed by atoms with van der Waals surface area (Å²) >= 11 is 6.00. The molecule has 0 saturated heterocycles. The Kier molecular flexibility index (Phi) is 3.62. The number of halogens is 1. The molecule has 5 heteroatoms. The van der Waals surface area contributed by atoms with Crippen LogP contribution >= 0.6 is 11.6 Å². The first-order chi connectivity index (χ1) is 8.93. The smallest absolute Gasteiger partial charge is 0.335 e. The van der Waals surface area contributed by atoms with E-state index >= 15 is 0 Å². The first kappa shape index (κ1) is 13.6. The van der Waals surface area contributed by atoms with Crippen molar-refractivity contribution in [1.82, 2.24) is 9.78 Å². The third-order valence-electron chi connectivity index (χ3n) is 3.11. The molecule has 2 rings (SSSR count). The van der Waals surface area contributed by atoms with Gasteiger partial charge in [-0.15, -0.1) is 0 Å². The van der Waals surface area contributed by atoms with Crippen molar-refractivity contribution in [3.8, 4) is 11.1 Å². The lowest BCUT2D eigenvalue weighted by Crippen LogP contribution is -1.99. The summed E-state index contributed by atoms with van der Waals surface area (Å²) in [6, 6.07) is 4.85. The zero-order valence-corrected chi connectivity index (χ0v) is 11.8. The molecule has 0 amide bonds. The van der Waals surface area contributed by atoms with Gasteiger partial charge in [-0.05, 0) is 44.5 Å². The molecule has 100 valence electrons. The summed E-state index contributed by atoms with van der Waals surface area (Å²) in [5, 5.41) is 13.9. The van der Waals surface area contributed by atoms with Gasteiger partial charge in [0.2, 0.25) is 0 Å². The number of benzene rings is 1. The second kappa shape index (κ2) is 5.05. The van der Waals surface area contributed by atoms with E-state index in [1.807, 2.05) is 25.5 Å². The maximum atomic E-state index is 11.1. The third kappa shape index (κ3) is 2.49. The van der Waals surface area contributed by atoms with Crippen LogP contribution in [0, 0.1) is 13.8 Å². The van der Waals surface area contributed by atoms with E-state index in [2.05, 4.69) is 5.10 Å². The van der Waals surface area contributed by atoms with Crippen molar-refractivity contribution in [2.24, 2.45) is 0 Å². The van der Waals surface area contributed by atoms with Gasteiger partial charge in [-0.3, -0.25) is 4.68 Å². The van der Waals surface area contributed by atoms with E-state index in [1.165, 1.54) is 6.07 Å². The molecule has 0 saturated carbocycles. The minimum Gasteiger partial charge on any atom is -0.478 e. The number of carboxylic acid groups (broad SMARTS) is 1. The van der Waals surface area contributed by atoms with Crippen LogP contribution in [0.25, 0.3) is 11.1 Å². The molecule has 0 atom stereocenters. The molecular weight excluding hydrogens is 264 g/mol. The van der Waals surface area contributed by atoms with E-state index < -0.39 is 5.97 Å². The third-order valence-corrected chi connectivity index (χ3v) is 3.33. The fourth-order valence-electron chi connectivity index (χ4n) is 2.28. The van der Waals surface area contributed by atoms with Gasteiger partial charge in [-0.1, -0.05) is 11.6 Å². The van der Waals surface area contributed by atoms with Crippen molar-refractivity contribution < 1.29 is 9.90 Å². The van der Waals surface area contributed by atoms with Gasteiger partial charge in [0.25, 0.3) is 0 Å². The number of carboxylic acids is 1. The number of hydrogen-bond acceptors (Lipinski definition) is 2. The van der Waals surface area contributed by atoms with Gasteiger partial charge in [0.05, 0.1) is 11.3 Å². The maximum absolute atomic E-state index is 11.1. The average Bonchev–Trinajstić information content (AvgIpc) is 2.63. The minimum absolute atomic E-state index is 0.186. The van der Waals surface area contributed by atoms with E-state index in [9.17, 15) is 4.79 Å². The lowest BCUT2D eigenvalue weighted by molar-refractivity contribution is 0.0697. The molecule has 0 aliphatic heterocycles. The predicted molar refractivity (Wildman–Crippen MR) is 74.8 cm³/mol. The molecule has 0 bridgehead atoms. The number of rotatable bonds is 3. The Hall–Kier alpha value is -1.81. The van der Waals surface area contributed by atoms with Gasteiger partial charge in [0, 0.05) is 22.8 Å². The number of aromatic carboxylic acids is 1. The topological polar surface area (TPSA) is 55.1 Å². The Morgan fingerprint density at radius 1 is 1.37 bits per heavy atom. The molecule has 2 aromatic rings. The Morgan fingerprint density at radius 3 is 2.58 bits per heavy atom. The summed E-state index contributed by atoms with van der Waals surface area (Å²) in [6.45, 7) is 6.68. The average molecular weight is 279 g/mol. The molecule has 1 aromatic carbocycles. The van der Waals surface area contributed by atoms with Crippen LogP contribution in [0.5, 0.6) is 0 Å². The monoisotopic (exact) mass is 278 g/mol. The molecule has 0 aliphatic rings. The molecule has 0 radical (unpaired) electrons. The second-order valence-corrected chi connectivity index (χ2v) is 4.83. The van der Waals surface area contributed by atoms with Crippen molar-refractivity contribution >= 4 is 17.6 Å². The highest BCUT2D eigenvalue weighted by molar-refractivity contribution is 6.31. The molecule has 4 nitrogen and oxygen atoms in total. The number of nitrogens with zero attached hydrogens (tertiary/aromatic N) is 2. The Balaban J connectivity index is 2.65. The quantitative estimate of drug-likeness (QED) is 0.934. The summed E-state index contributed by atoms with van der Waals surface area (Å²) in [4.78, 5) is 11.1. The van der Waals surface area contributed by atoms with Gasteiger partial charge in [-0.2, -0.15) is 5.10 Å². The molecule has 0 unspecified atom stereocenters. The Bertz CT molecular complexity index is 647. The Morgan fingerprint density at radius 2 is 2.05 bits per heavy atom. The highest BCUT2D eigenvalue weighted by Crippen LogP contribution is 2.30. The van der Waals surface area contributed by atoms with Crippen molar-refractivity contribution in [2.75, 3.05) is 0 Å². The van der Waals surface area contributed by atoms with Crippen LogP contribution < -0.4 is 0 Å². The normalized spacial score (nSPS) is 10.7. The van der Waals surface area contributed by atoms with E-state index in [0.717, 1.165) is 29.1 Å². The second-order valence-electron chi connectivity index (χ2n) is 4.40. The molecule has 1 N–H and O–H groups in total. The number of aromatic nitrogens is 2. The lowest BCUT2D eigenvalue weighted by Gasteiger charge is -2.06. The van der Waals surface area contributed by atoms with Gasteiger partial charge in [0.15, 0.2) is 0 Å². The van der Waals surface area contributed by atoms with Crippen LogP contribution in [0.2, 0.25) is 5.02 Å². The van der Waals surface area contributed by atoms with Crippen molar-refractivity contribution in [3.05, 3.63) is 40.2 Å². The van der Waals surface area contributed by atoms with Crippen molar-refractivity contribution in [1.29, 1.82) is 0 Å². The standard InChI is InChI=1S/C14H15ClN2O2/c1-4-17-9(3)13(8(2)16-17)10-5-11(14(18)19)7-12(15)6-10/h5-7H,4H2,1-3H3,(H,18,19). The zero-order chi connectivity index (χ0) is 14.2. The molecular formula is C14H15ClN2O2. The highest BCUT2D eigenvalue weighted by atomic mass is 35.5. The van der Waals surface area contributed by atoms with Crippen LogP contribution in [0.15, 0.2) is 18.2 Å². The predicted octanol–water partition coefficient (Wildman–Crippen LogP) is 3.54. The summed E-state index contributed by atoms with van der Waals surface area (Å²) in [5.74, 6) is -0.984. The largest absolute Gasteiger partial charge is 0.478 e. The van der Waals surface area contributed by atoms with Gasteiger partial charge in [0.1, 0.15) is 0 Å². The van der Waals surface area contributed by atoms with E-state index in [1.54, 1.807) is 12.1 Å². The molecule has 0 aliphatic carbocycles. The van der Waals surface area contributed by atoms with Crippen LogP contribution in [0.4, 0.5) is 0 Å². The molecule has 1 heterocycles. The SMILES string of the molecule is CCn1nc(C)c(-c2cc(Cl)cc(C(=O)O)c2)c1C. The van der Waals surface area contributed by atoms with Gasteiger partial charge < -0.3 is 5.11 Å². The first-order valence-electron chi connectivity index (χ1n) is 6.02. The highest BCUT2D eigenvalue weighted by Gasteiger charge is 2.15. The summed E-state index contributed by atoms with van der Waals surface area (Å²) < 4.78 is 1.89.